The van der Waals surface area contributed by atoms with Gasteiger partial charge in [-0.05, 0) is 71.6 Å². The Morgan fingerprint density at radius 2 is 1.36 bits per heavy atom. The minimum atomic E-state index is -3.46. The van der Waals surface area contributed by atoms with Crippen LogP contribution in [0.5, 0.6) is 0 Å². The van der Waals surface area contributed by atoms with E-state index in [0.717, 1.165) is 0 Å². The molecule has 0 aromatic carbocycles. The smallest absolute Gasteiger partial charge is 0.504 e. The molecule has 7 rings (SSSR count). The largest absolute Gasteiger partial charge is 0.536 e. The summed E-state index contributed by atoms with van der Waals surface area (Å²) in [5.41, 5.74) is -1.59. The molecule has 1 unspecified atom stereocenters. The van der Waals surface area contributed by atoms with Crippen molar-refractivity contribution >= 4 is 18.9 Å². The Kier molecular flexibility index (Phi) is 12.9. The highest BCUT2D eigenvalue weighted by Gasteiger charge is 2.73. The van der Waals surface area contributed by atoms with Crippen molar-refractivity contribution in [2.45, 2.75) is 205 Å². The van der Waals surface area contributed by atoms with E-state index in [-0.39, 0.29) is 12.9 Å². The summed E-state index contributed by atoms with van der Waals surface area (Å²) in [6, 6.07) is 0. The first-order valence-corrected chi connectivity index (χ1v) is 21.8. The third-order valence-corrected chi connectivity index (χ3v) is 14.6. The summed E-state index contributed by atoms with van der Waals surface area (Å²) in [5.74, 6) is -6.11. The second kappa shape index (κ2) is 16.9. The molecule has 7 heterocycles. The van der Waals surface area contributed by atoms with E-state index in [1.54, 1.807) is 6.92 Å². The van der Waals surface area contributed by atoms with E-state index in [0.29, 0.717) is 70.6 Å². The van der Waals surface area contributed by atoms with Crippen molar-refractivity contribution in [1.29, 1.82) is 0 Å². The third kappa shape index (κ3) is 8.07. The zero-order valence-corrected chi connectivity index (χ0v) is 35.9. The van der Waals surface area contributed by atoms with Gasteiger partial charge in [0.05, 0.1) is 42.7 Å². The van der Waals surface area contributed by atoms with Gasteiger partial charge in [0.15, 0.2) is 23.8 Å². The highest BCUT2D eigenvalue weighted by Crippen LogP contribution is 2.57. The summed E-state index contributed by atoms with van der Waals surface area (Å²) in [7, 11) is 1.51. The standard InChI is InChI=1S/C42H68BO15/c1-24-19-21-34-40(7,8)32(45)17-13-14-28-22-30(27(4)50-28)52-38(47)36-42-25(2)18-20-33(53-42)39(5,6)31(44)16-12-10-11-15-29(26(3)49-23-48-9)51-37(46)35-41(24,54-34)57-43(55-35,56-36)58-42/h10-11,24-36,44-45H,12-23H2,1-9H3/q-1/b11-10-/t24-,25-,26-,27-,28-,29+,30+,31+,32-,33+,34+,35+,36+,41+,42+,43?/m1/s1. The average molecular weight is 824 g/mol. The SMILES string of the molecule is COCO[C@H](C)[C@@H]1C/C=C\CC[C@H](O)C(C)(C)[C@@H]2CC[C@@H](C)[C@]3(O2)O[B-]24O[C@@H](C(=O)O1)[C@@]1(O[C@@H](CC[C@H]1C)C(C)(C)[C@H](O)CCC[C@@H]1C[C@H](OC(=O)[C@@H]3O2)[C@@H](C)O1)O4. The van der Waals surface area contributed by atoms with Gasteiger partial charge in [0.1, 0.15) is 19.0 Å². The summed E-state index contributed by atoms with van der Waals surface area (Å²) in [6.45, 7) is 11.8. The van der Waals surface area contributed by atoms with Crippen LogP contribution >= 0.6 is 0 Å². The second-order valence-electron chi connectivity index (χ2n) is 19.3. The molecule has 15 nitrogen and oxygen atoms in total. The lowest BCUT2D eigenvalue weighted by molar-refractivity contribution is -0.311. The van der Waals surface area contributed by atoms with Crippen LogP contribution in [0.2, 0.25) is 0 Å². The van der Waals surface area contributed by atoms with E-state index in [9.17, 15) is 19.8 Å². The molecular formula is C42H68BO15-. The first kappa shape index (κ1) is 44.4. The predicted octanol–water partition coefficient (Wildman–Crippen LogP) is 4.98. The number of esters is 2. The highest BCUT2D eigenvalue weighted by atomic mass is 17.0. The molecule has 2 N–H and O–H groups in total. The van der Waals surface area contributed by atoms with E-state index in [1.165, 1.54) is 7.11 Å². The quantitative estimate of drug-likeness (QED) is 0.168. The molecule has 16 heteroatoms. The van der Waals surface area contributed by atoms with Gasteiger partial charge in [0.2, 0.25) is 0 Å². The Balaban J connectivity index is 1.37. The Morgan fingerprint density at radius 3 is 1.95 bits per heavy atom. The number of aliphatic hydroxyl groups excluding tert-OH is 2. The van der Waals surface area contributed by atoms with E-state index < -0.39 is 114 Å². The zero-order valence-electron chi connectivity index (χ0n) is 35.9. The van der Waals surface area contributed by atoms with E-state index in [1.807, 2.05) is 60.6 Å². The number of ether oxygens (including phenoxy) is 7. The van der Waals surface area contributed by atoms with E-state index in [2.05, 4.69) is 0 Å². The maximum atomic E-state index is 14.8. The first-order chi connectivity index (χ1) is 27.4. The van der Waals surface area contributed by atoms with Gasteiger partial charge in [-0.3, -0.25) is 0 Å². The number of cyclic esters (lactones) is 1. The van der Waals surface area contributed by atoms with Crippen molar-refractivity contribution in [3.05, 3.63) is 12.2 Å². The van der Waals surface area contributed by atoms with Crippen molar-refractivity contribution in [1.82, 2.24) is 0 Å². The van der Waals surface area contributed by atoms with Crippen LogP contribution in [0.1, 0.15) is 126 Å². The topological polar surface area (TPSA) is 176 Å². The molecule has 6 saturated heterocycles. The lowest BCUT2D eigenvalue weighted by Gasteiger charge is -2.52. The molecule has 6 fully saturated rings. The number of aliphatic hydroxyl groups is 2. The molecule has 7 aliphatic rings. The predicted molar refractivity (Wildman–Crippen MR) is 207 cm³/mol. The van der Waals surface area contributed by atoms with Crippen LogP contribution in [0, 0.1) is 22.7 Å². The Bertz CT molecular complexity index is 1510. The summed E-state index contributed by atoms with van der Waals surface area (Å²) in [5, 5.41) is 23.5. The monoisotopic (exact) mass is 823 g/mol. The van der Waals surface area contributed by atoms with Gasteiger partial charge in [0.25, 0.3) is 0 Å². The molecule has 0 saturated carbocycles. The number of methoxy groups -OCH3 is 1. The molecule has 0 aromatic rings. The van der Waals surface area contributed by atoms with Crippen molar-refractivity contribution < 1.29 is 71.6 Å². The molecule has 9 bridgehead atoms. The van der Waals surface area contributed by atoms with Crippen molar-refractivity contribution in [3.63, 3.8) is 0 Å². The van der Waals surface area contributed by atoms with Crippen molar-refractivity contribution in [3.8, 4) is 0 Å². The second-order valence-corrected chi connectivity index (χ2v) is 19.3. The Hall–Kier alpha value is -1.70. The van der Waals surface area contributed by atoms with Gasteiger partial charge in [-0.25, -0.2) is 9.59 Å². The fourth-order valence-corrected chi connectivity index (χ4v) is 10.3. The fourth-order valence-electron chi connectivity index (χ4n) is 10.3. The first-order valence-electron chi connectivity index (χ1n) is 21.8. The molecule has 7 aliphatic heterocycles. The molecule has 0 radical (unpaired) electrons. The minimum Gasteiger partial charge on any atom is -0.504 e. The molecule has 0 aromatic heterocycles. The molecule has 330 valence electrons. The van der Waals surface area contributed by atoms with Gasteiger partial charge < -0.3 is 62.0 Å². The maximum Gasteiger partial charge on any atom is 0.536 e. The van der Waals surface area contributed by atoms with Crippen LogP contribution < -0.4 is 0 Å². The third-order valence-electron chi connectivity index (χ3n) is 14.6. The van der Waals surface area contributed by atoms with Crippen LogP contribution in [0.25, 0.3) is 0 Å². The highest BCUT2D eigenvalue weighted by molar-refractivity contribution is 6.56. The summed E-state index contributed by atoms with van der Waals surface area (Å²) < 4.78 is 71.2. The Labute approximate surface area is 343 Å². The van der Waals surface area contributed by atoms with Crippen LogP contribution in [0.3, 0.4) is 0 Å². The van der Waals surface area contributed by atoms with Crippen molar-refractivity contribution in [2.75, 3.05) is 13.9 Å². The molecular weight excluding hydrogens is 755 g/mol. The van der Waals surface area contributed by atoms with Crippen molar-refractivity contribution in [2.24, 2.45) is 22.7 Å². The number of hydrogen-bond acceptors (Lipinski definition) is 15. The minimum absolute atomic E-state index is 0.0222. The fraction of sp³-hybridized carbons (Fsp3) is 0.905. The van der Waals surface area contributed by atoms with E-state index in [4.69, 9.17) is 51.8 Å². The Morgan fingerprint density at radius 1 is 0.793 bits per heavy atom. The average Bonchev–Trinajstić information content (AvgIpc) is 3.80. The summed E-state index contributed by atoms with van der Waals surface area (Å²) in [6.07, 6.45) is 1.30. The van der Waals surface area contributed by atoms with Gasteiger partial charge >= 0.3 is 18.9 Å². The molecule has 16 atom stereocenters. The number of allylic oxidation sites excluding steroid dienone is 1. The van der Waals surface area contributed by atoms with Crippen LogP contribution in [-0.2, 0) is 61.4 Å². The zero-order chi connectivity index (χ0) is 41.8. The van der Waals surface area contributed by atoms with E-state index >= 15 is 0 Å². The van der Waals surface area contributed by atoms with Crippen LogP contribution in [-0.4, -0.2) is 122 Å². The van der Waals surface area contributed by atoms with Gasteiger partial charge in [-0.2, -0.15) is 0 Å². The molecule has 58 heavy (non-hydrogen) atoms. The van der Waals surface area contributed by atoms with Gasteiger partial charge in [-0.1, -0.05) is 53.7 Å². The maximum absolute atomic E-state index is 14.8. The summed E-state index contributed by atoms with van der Waals surface area (Å²) >= 11 is 0. The lowest BCUT2D eigenvalue weighted by atomic mass is 9.73. The number of carbonyl (C=O) groups excluding carboxylic acids is 2. The molecule has 0 amide bonds. The molecule has 3 spiro atoms. The van der Waals surface area contributed by atoms with Crippen LogP contribution in [0.4, 0.5) is 0 Å². The number of carbonyl (C=O) groups is 2. The number of rotatable bonds is 4. The van der Waals surface area contributed by atoms with Gasteiger partial charge in [0, 0.05) is 42.6 Å². The number of hydrogen-bond donors (Lipinski definition) is 2. The summed E-state index contributed by atoms with van der Waals surface area (Å²) in [4.78, 5) is 29.6. The van der Waals surface area contributed by atoms with Crippen LogP contribution in [0.15, 0.2) is 12.2 Å². The normalized spacial score (nSPS) is 48.1. The molecule has 0 aliphatic carbocycles. The van der Waals surface area contributed by atoms with Gasteiger partial charge in [-0.15, -0.1) is 0 Å². The number of fused-ring (bicyclic) bond motifs is 6. The lowest BCUT2D eigenvalue weighted by Crippen LogP contribution is -2.61.